The maximum absolute atomic E-state index is 12.7. The molecule has 0 heterocycles. The second-order valence-corrected chi connectivity index (χ2v) is 6.54. The van der Waals surface area contributed by atoms with Crippen molar-refractivity contribution in [1.82, 2.24) is 0 Å². The number of benzene rings is 2. The van der Waals surface area contributed by atoms with Crippen molar-refractivity contribution in [3.63, 3.8) is 0 Å². The highest BCUT2D eigenvalue weighted by Crippen LogP contribution is 2.36. The van der Waals surface area contributed by atoms with Crippen LogP contribution in [0.1, 0.15) is 10.4 Å². The van der Waals surface area contributed by atoms with E-state index in [1.165, 1.54) is 32.4 Å². The fourth-order valence-corrected chi connectivity index (χ4v) is 2.79. The van der Waals surface area contributed by atoms with E-state index < -0.39 is 16.5 Å². The number of hydrogen-bond acceptors (Lipinski definition) is 6. The minimum absolute atomic E-state index is 0.107. The van der Waals surface area contributed by atoms with E-state index in [-0.39, 0.29) is 51.0 Å². The quantitative estimate of drug-likeness (QED) is 0.268. The van der Waals surface area contributed by atoms with Gasteiger partial charge in [-0.2, -0.15) is 0 Å². The summed E-state index contributed by atoms with van der Waals surface area (Å²) >= 11 is 17.8. The average molecular weight is 450 g/mol. The van der Waals surface area contributed by atoms with Crippen LogP contribution in [-0.2, 0) is 4.74 Å². The number of nitro groups is 1. The zero-order chi connectivity index (χ0) is 20.8. The maximum Gasteiger partial charge on any atom is 0.286 e. The Labute approximate surface area is 175 Å². The maximum atomic E-state index is 12.7. The Bertz CT molecular complexity index is 907. The number of methoxy groups -OCH3 is 2. The van der Waals surface area contributed by atoms with E-state index in [9.17, 15) is 14.9 Å². The third-order valence-electron chi connectivity index (χ3n) is 3.53. The number of halogens is 3. The zero-order valence-electron chi connectivity index (χ0n) is 14.8. The van der Waals surface area contributed by atoms with Gasteiger partial charge in [-0.3, -0.25) is 14.9 Å². The molecule has 11 heteroatoms. The van der Waals surface area contributed by atoms with Crippen LogP contribution in [-0.4, -0.2) is 38.3 Å². The van der Waals surface area contributed by atoms with Crippen molar-refractivity contribution in [1.29, 1.82) is 0 Å². The van der Waals surface area contributed by atoms with E-state index in [1.807, 2.05) is 0 Å². The van der Waals surface area contributed by atoms with Crippen LogP contribution in [0.2, 0.25) is 15.1 Å². The molecule has 0 aliphatic carbocycles. The Morgan fingerprint density at radius 1 is 1.04 bits per heavy atom. The molecule has 150 valence electrons. The van der Waals surface area contributed by atoms with Crippen LogP contribution in [0, 0.1) is 10.1 Å². The Kier molecular flexibility index (Phi) is 7.70. The van der Waals surface area contributed by atoms with Gasteiger partial charge in [0.05, 0.1) is 45.5 Å². The lowest BCUT2D eigenvalue weighted by Crippen LogP contribution is -2.15. The highest BCUT2D eigenvalue weighted by atomic mass is 35.5. The number of nitrogens with one attached hydrogen (secondary N) is 1. The molecule has 0 aromatic heterocycles. The first-order valence-corrected chi connectivity index (χ1v) is 8.86. The average Bonchev–Trinajstić information content (AvgIpc) is 2.65. The molecule has 0 aliphatic heterocycles. The van der Waals surface area contributed by atoms with Crippen molar-refractivity contribution in [2.45, 2.75) is 0 Å². The molecule has 0 radical (unpaired) electrons. The van der Waals surface area contributed by atoms with Crippen molar-refractivity contribution in [3.8, 4) is 11.5 Å². The van der Waals surface area contributed by atoms with Crippen LogP contribution >= 0.6 is 34.8 Å². The first-order chi connectivity index (χ1) is 13.3. The number of carbonyl (C=O) groups excluding carboxylic acids is 1. The SMILES string of the molecule is COCCOc1cc([N+](=O)[O-])c(C(=O)Nc2cc(Cl)c(Cl)cc2Cl)cc1OC. The first kappa shape index (κ1) is 22.0. The largest absolute Gasteiger partial charge is 0.493 e. The summed E-state index contributed by atoms with van der Waals surface area (Å²) in [6, 6.07) is 5.01. The molecule has 2 rings (SSSR count). The van der Waals surface area contributed by atoms with Gasteiger partial charge in [0, 0.05) is 13.2 Å². The topological polar surface area (TPSA) is 99.9 Å². The molecule has 28 heavy (non-hydrogen) atoms. The molecule has 8 nitrogen and oxygen atoms in total. The molecule has 0 aliphatic rings. The summed E-state index contributed by atoms with van der Waals surface area (Å²) in [5, 5.41) is 14.4. The minimum atomic E-state index is -0.784. The van der Waals surface area contributed by atoms with Gasteiger partial charge in [-0.25, -0.2) is 0 Å². The van der Waals surface area contributed by atoms with Gasteiger partial charge < -0.3 is 19.5 Å². The number of carbonyl (C=O) groups is 1. The molecule has 1 N–H and O–H groups in total. The molecule has 0 saturated heterocycles. The lowest BCUT2D eigenvalue weighted by Gasteiger charge is -2.13. The molecule has 0 fully saturated rings. The lowest BCUT2D eigenvalue weighted by atomic mass is 10.1. The van der Waals surface area contributed by atoms with E-state index in [2.05, 4.69) is 5.32 Å². The summed E-state index contributed by atoms with van der Waals surface area (Å²) in [5.41, 5.74) is -0.570. The summed E-state index contributed by atoms with van der Waals surface area (Å²) < 4.78 is 15.5. The van der Waals surface area contributed by atoms with Gasteiger partial charge in [0.15, 0.2) is 11.5 Å². The Morgan fingerprint density at radius 2 is 1.71 bits per heavy atom. The van der Waals surface area contributed by atoms with Crippen molar-refractivity contribution in [2.24, 2.45) is 0 Å². The second kappa shape index (κ2) is 9.79. The molecule has 2 aromatic rings. The van der Waals surface area contributed by atoms with E-state index in [0.717, 1.165) is 6.07 Å². The van der Waals surface area contributed by atoms with Crippen molar-refractivity contribution >= 4 is 52.1 Å². The molecule has 2 aromatic carbocycles. The Hall–Kier alpha value is -2.26. The molecule has 0 bridgehead atoms. The van der Waals surface area contributed by atoms with Crippen LogP contribution in [0.5, 0.6) is 11.5 Å². The summed E-state index contributed by atoms with van der Waals surface area (Å²) in [5.74, 6) is -0.531. The predicted octanol–water partition coefficient (Wildman–Crippen LogP) is 4.84. The smallest absolute Gasteiger partial charge is 0.286 e. The van der Waals surface area contributed by atoms with Crippen LogP contribution in [0.15, 0.2) is 24.3 Å². The van der Waals surface area contributed by atoms with Crippen molar-refractivity contribution in [2.75, 3.05) is 32.8 Å². The molecule has 0 unspecified atom stereocenters. The zero-order valence-corrected chi connectivity index (χ0v) is 17.0. The first-order valence-electron chi connectivity index (χ1n) is 7.72. The summed E-state index contributed by atoms with van der Waals surface area (Å²) in [6.45, 7) is 0.420. The highest BCUT2D eigenvalue weighted by Gasteiger charge is 2.25. The number of nitrogens with zero attached hydrogens (tertiary/aromatic N) is 1. The van der Waals surface area contributed by atoms with E-state index in [4.69, 9.17) is 49.0 Å². The number of nitro benzene ring substituents is 1. The van der Waals surface area contributed by atoms with Crippen molar-refractivity contribution < 1.29 is 23.9 Å². The van der Waals surface area contributed by atoms with Gasteiger partial charge in [-0.15, -0.1) is 0 Å². The molecule has 0 spiro atoms. The van der Waals surface area contributed by atoms with Gasteiger partial charge in [0.25, 0.3) is 11.6 Å². The fraction of sp³-hybridized carbons (Fsp3) is 0.235. The number of amides is 1. The predicted molar refractivity (Wildman–Crippen MR) is 106 cm³/mol. The molecular weight excluding hydrogens is 435 g/mol. The number of ether oxygens (including phenoxy) is 3. The molecule has 0 atom stereocenters. The van der Waals surface area contributed by atoms with Gasteiger partial charge in [0.2, 0.25) is 0 Å². The molecule has 1 amide bonds. The number of rotatable bonds is 8. The summed E-state index contributed by atoms with van der Waals surface area (Å²) in [7, 11) is 2.84. The van der Waals surface area contributed by atoms with Gasteiger partial charge in [-0.1, -0.05) is 34.8 Å². The fourth-order valence-electron chi connectivity index (χ4n) is 2.20. The van der Waals surface area contributed by atoms with Crippen LogP contribution in [0.25, 0.3) is 0 Å². The standard InChI is InChI=1S/C17H15Cl3N2O6/c1-26-3-4-28-16-8-14(22(24)25)9(5-15(16)27-2)17(23)21-13-7-11(19)10(18)6-12(13)20/h5-8H,3-4H2,1-2H3,(H,21,23). The second-order valence-electron chi connectivity index (χ2n) is 5.32. The molecular formula is C17H15Cl3N2O6. The summed E-state index contributed by atoms with van der Waals surface area (Å²) in [6.07, 6.45) is 0. The van der Waals surface area contributed by atoms with Crippen LogP contribution in [0.3, 0.4) is 0 Å². The van der Waals surface area contributed by atoms with E-state index in [0.29, 0.717) is 0 Å². The Morgan fingerprint density at radius 3 is 2.32 bits per heavy atom. The van der Waals surface area contributed by atoms with Gasteiger partial charge >= 0.3 is 0 Å². The Balaban J connectivity index is 2.41. The normalized spacial score (nSPS) is 10.5. The van der Waals surface area contributed by atoms with Crippen molar-refractivity contribution in [3.05, 3.63) is 55.0 Å². The van der Waals surface area contributed by atoms with Crippen LogP contribution in [0.4, 0.5) is 11.4 Å². The lowest BCUT2D eigenvalue weighted by molar-refractivity contribution is -0.385. The van der Waals surface area contributed by atoms with E-state index >= 15 is 0 Å². The minimum Gasteiger partial charge on any atom is -0.493 e. The third kappa shape index (κ3) is 5.17. The van der Waals surface area contributed by atoms with E-state index in [1.54, 1.807) is 0 Å². The third-order valence-corrected chi connectivity index (χ3v) is 4.56. The summed E-state index contributed by atoms with van der Waals surface area (Å²) in [4.78, 5) is 23.4. The number of anilines is 1. The van der Waals surface area contributed by atoms with Gasteiger partial charge in [-0.05, 0) is 12.1 Å². The molecule has 0 saturated carbocycles. The van der Waals surface area contributed by atoms with Crippen LogP contribution < -0.4 is 14.8 Å². The number of hydrogen-bond donors (Lipinski definition) is 1. The highest BCUT2D eigenvalue weighted by molar-refractivity contribution is 6.44. The van der Waals surface area contributed by atoms with Gasteiger partial charge in [0.1, 0.15) is 12.2 Å². The monoisotopic (exact) mass is 448 g/mol.